The van der Waals surface area contributed by atoms with E-state index in [0.29, 0.717) is 10.9 Å². The lowest BCUT2D eigenvalue weighted by Crippen LogP contribution is -2.31. The van der Waals surface area contributed by atoms with Crippen LogP contribution in [0.25, 0.3) is 10.9 Å². The minimum atomic E-state index is -3.75. The molecule has 0 unspecified atom stereocenters. The Bertz CT molecular complexity index is 827. The Balaban J connectivity index is 2.68. The summed E-state index contributed by atoms with van der Waals surface area (Å²) in [6, 6.07) is 7.83. The topological polar surface area (TPSA) is 70.2 Å². The van der Waals surface area contributed by atoms with Crippen molar-refractivity contribution in [2.24, 2.45) is 0 Å². The maximum absolute atomic E-state index is 12.7. The lowest BCUT2D eigenvalue weighted by molar-refractivity contribution is 0.475. The molecule has 0 aliphatic heterocycles. The molecule has 1 aromatic heterocycles. The Labute approximate surface area is 123 Å². The maximum Gasteiger partial charge on any atom is 0.248 e. The number of sulfonamides is 1. The molecule has 0 bridgehead atoms. The molecule has 0 aliphatic carbocycles. The number of nitrogens with zero attached hydrogens (tertiary/aromatic N) is 1. The number of pyridine rings is 1. The summed E-state index contributed by atoms with van der Waals surface area (Å²) in [5.74, 6) is 0. The summed E-state index contributed by atoms with van der Waals surface area (Å²) < 4.78 is 26.7. The van der Waals surface area contributed by atoms with E-state index in [1.807, 2.05) is 0 Å². The number of hydrogen-bond donors (Lipinski definition) is 1. The fourth-order valence-corrected chi connectivity index (χ4v) is 3.62. The molecule has 21 heavy (non-hydrogen) atoms. The second-order valence-electron chi connectivity index (χ2n) is 4.44. The molecule has 1 aromatic carbocycles. The van der Waals surface area contributed by atoms with E-state index in [4.69, 9.17) is 0 Å². The first-order chi connectivity index (χ1) is 10.0. The molecule has 0 amide bonds. The van der Waals surface area contributed by atoms with Gasteiger partial charge in [-0.3, -0.25) is 4.79 Å². The molecule has 6 heteroatoms. The van der Waals surface area contributed by atoms with Gasteiger partial charge in [-0.1, -0.05) is 24.3 Å². The third-order valence-corrected chi connectivity index (χ3v) is 4.88. The van der Waals surface area contributed by atoms with Gasteiger partial charge in [-0.2, -0.15) is 4.31 Å². The quantitative estimate of drug-likeness (QED) is 0.829. The highest BCUT2D eigenvalue weighted by Crippen LogP contribution is 2.23. The first kappa shape index (κ1) is 15.2. The second kappa shape index (κ2) is 6.07. The number of para-hydroxylation sites is 1. The van der Waals surface area contributed by atoms with Gasteiger partial charge in [0.15, 0.2) is 0 Å². The first-order valence-corrected chi connectivity index (χ1v) is 7.78. The van der Waals surface area contributed by atoms with Gasteiger partial charge < -0.3 is 4.98 Å². The Hall–Kier alpha value is -2.18. The van der Waals surface area contributed by atoms with Crippen molar-refractivity contribution in [1.29, 1.82) is 0 Å². The zero-order chi connectivity index (χ0) is 15.5. The predicted molar refractivity (Wildman–Crippen MR) is 83.7 cm³/mol. The first-order valence-electron chi connectivity index (χ1n) is 6.34. The molecule has 1 heterocycles. The Morgan fingerprint density at radius 2 is 1.76 bits per heavy atom. The van der Waals surface area contributed by atoms with Crippen LogP contribution in [0.2, 0.25) is 0 Å². The third kappa shape index (κ3) is 2.96. The molecule has 0 atom stereocenters. The van der Waals surface area contributed by atoms with Crippen molar-refractivity contribution in [3.8, 4) is 0 Å². The zero-order valence-electron chi connectivity index (χ0n) is 11.5. The molecule has 5 nitrogen and oxygen atoms in total. The summed E-state index contributed by atoms with van der Waals surface area (Å²) in [6.07, 6.45) is 3.02. The molecule has 0 radical (unpaired) electrons. The standard InChI is InChI=1S/C15H16N2O3S/c1-3-10-17(11-4-2)21(19,20)13-7-5-6-12-8-9-14(18)16-15(12)13/h3-9H,1-2,10-11H2,(H,16,18). The second-order valence-corrected chi connectivity index (χ2v) is 6.35. The van der Waals surface area contributed by atoms with Gasteiger partial charge >= 0.3 is 0 Å². The van der Waals surface area contributed by atoms with Crippen molar-refractivity contribution in [3.05, 3.63) is 66.0 Å². The van der Waals surface area contributed by atoms with E-state index in [1.165, 1.54) is 28.6 Å². The summed E-state index contributed by atoms with van der Waals surface area (Å²) in [6.45, 7) is 7.47. The van der Waals surface area contributed by atoms with Crippen LogP contribution >= 0.6 is 0 Å². The van der Waals surface area contributed by atoms with Gasteiger partial charge in [-0.15, -0.1) is 13.2 Å². The lowest BCUT2D eigenvalue weighted by Gasteiger charge is -2.19. The van der Waals surface area contributed by atoms with E-state index in [1.54, 1.807) is 18.2 Å². The summed E-state index contributed by atoms with van der Waals surface area (Å²) >= 11 is 0. The van der Waals surface area contributed by atoms with Gasteiger partial charge in [0.2, 0.25) is 15.6 Å². The molecule has 110 valence electrons. The van der Waals surface area contributed by atoms with Crippen LogP contribution < -0.4 is 5.56 Å². The zero-order valence-corrected chi connectivity index (χ0v) is 12.3. The van der Waals surface area contributed by atoms with Crippen molar-refractivity contribution >= 4 is 20.9 Å². The molecule has 1 N–H and O–H groups in total. The van der Waals surface area contributed by atoms with Crippen LogP contribution in [0.15, 0.2) is 65.3 Å². The molecule has 0 spiro atoms. The Morgan fingerprint density at radius 1 is 1.10 bits per heavy atom. The largest absolute Gasteiger partial charge is 0.321 e. The van der Waals surface area contributed by atoms with Crippen LogP contribution in [0.3, 0.4) is 0 Å². The highest BCUT2D eigenvalue weighted by molar-refractivity contribution is 7.89. The number of nitrogens with one attached hydrogen (secondary N) is 1. The highest BCUT2D eigenvalue weighted by Gasteiger charge is 2.24. The van der Waals surface area contributed by atoms with Crippen molar-refractivity contribution in [1.82, 2.24) is 9.29 Å². The van der Waals surface area contributed by atoms with Crippen molar-refractivity contribution in [2.45, 2.75) is 4.90 Å². The summed E-state index contributed by atoms with van der Waals surface area (Å²) in [5.41, 5.74) is -0.0349. The Kier molecular flexibility index (Phi) is 4.40. The van der Waals surface area contributed by atoms with Crippen molar-refractivity contribution < 1.29 is 8.42 Å². The van der Waals surface area contributed by atoms with Crippen LogP contribution in [0.4, 0.5) is 0 Å². The van der Waals surface area contributed by atoms with E-state index in [-0.39, 0.29) is 23.5 Å². The number of aromatic nitrogens is 1. The summed E-state index contributed by atoms with van der Waals surface area (Å²) in [5, 5.41) is 0.660. The summed E-state index contributed by atoms with van der Waals surface area (Å²) in [4.78, 5) is 14.1. The minimum absolute atomic E-state index is 0.0707. The molecule has 2 aromatic rings. The Morgan fingerprint density at radius 3 is 2.38 bits per heavy atom. The van der Waals surface area contributed by atoms with Crippen LogP contribution in [0.1, 0.15) is 0 Å². The van der Waals surface area contributed by atoms with Gasteiger partial charge in [0.1, 0.15) is 4.90 Å². The molecule has 0 saturated heterocycles. The van der Waals surface area contributed by atoms with Gasteiger partial charge in [0.25, 0.3) is 0 Å². The van der Waals surface area contributed by atoms with Gasteiger partial charge in [0, 0.05) is 19.2 Å². The van der Waals surface area contributed by atoms with E-state index < -0.39 is 10.0 Å². The lowest BCUT2D eigenvalue weighted by atomic mass is 10.2. The van der Waals surface area contributed by atoms with Gasteiger partial charge in [-0.05, 0) is 17.5 Å². The number of benzene rings is 1. The third-order valence-electron chi connectivity index (χ3n) is 3.00. The van der Waals surface area contributed by atoms with Crippen LogP contribution in [0, 0.1) is 0 Å². The number of aromatic amines is 1. The average Bonchev–Trinajstić information content (AvgIpc) is 2.46. The van der Waals surface area contributed by atoms with Gasteiger partial charge in [0.05, 0.1) is 5.52 Å². The maximum atomic E-state index is 12.7. The molecular weight excluding hydrogens is 288 g/mol. The van der Waals surface area contributed by atoms with Gasteiger partial charge in [-0.25, -0.2) is 8.42 Å². The fourth-order valence-electron chi connectivity index (χ4n) is 2.06. The van der Waals surface area contributed by atoms with E-state index in [2.05, 4.69) is 18.1 Å². The van der Waals surface area contributed by atoms with E-state index in [0.717, 1.165) is 0 Å². The predicted octanol–water partition coefficient (Wildman–Crippen LogP) is 1.89. The fraction of sp³-hybridized carbons (Fsp3) is 0.133. The molecule has 0 fully saturated rings. The molecule has 2 rings (SSSR count). The average molecular weight is 304 g/mol. The van der Waals surface area contributed by atoms with Crippen LogP contribution in [-0.2, 0) is 10.0 Å². The van der Waals surface area contributed by atoms with E-state index >= 15 is 0 Å². The van der Waals surface area contributed by atoms with Crippen LogP contribution in [0.5, 0.6) is 0 Å². The molecular formula is C15H16N2O3S. The molecule has 0 saturated carbocycles. The van der Waals surface area contributed by atoms with Crippen LogP contribution in [-0.4, -0.2) is 30.8 Å². The smallest absolute Gasteiger partial charge is 0.248 e. The number of H-pyrrole nitrogens is 1. The number of fused-ring (bicyclic) bond motifs is 1. The highest BCUT2D eigenvalue weighted by atomic mass is 32.2. The normalized spacial score (nSPS) is 11.7. The monoisotopic (exact) mass is 304 g/mol. The SMILES string of the molecule is C=CCN(CC=C)S(=O)(=O)c1cccc2ccc(=O)[nH]c12. The number of rotatable bonds is 6. The number of hydrogen-bond acceptors (Lipinski definition) is 3. The summed E-state index contributed by atoms with van der Waals surface area (Å²) in [7, 11) is -3.75. The molecule has 0 aliphatic rings. The van der Waals surface area contributed by atoms with E-state index in [9.17, 15) is 13.2 Å². The van der Waals surface area contributed by atoms with Crippen molar-refractivity contribution in [2.75, 3.05) is 13.1 Å². The van der Waals surface area contributed by atoms with Crippen molar-refractivity contribution in [3.63, 3.8) is 0 Å². The minimum Gasteiger partial charge on any atom is -0.321 e.